The van der Waals surface area contributed by atoms with E-state index in [4.69, 9.17) is 0 Å². The van der Waals surface area contributed by atoms with E-state index in [1.54, 1.807) is 18.0 Å². The van der Waals surface area contributed by atoms with Crippen LogP contribution in [0, 0.1) is 13.8 Å². The van der Waals surface area contributed by atoms with Gasteiger partial charge < -0.3 is 5.32 Å². The van der Waals surface area contributed by atoms with Crippen LogP contribution < -0.4 is 5.32 Å². The molecule has 1 aromatic heterocycles. The quantitative estimate of drug-likeness (QED) is 0.946. The second kappa shape index (κ2) is 6.57. The molecule has 1 N–H and O–H groups in total. The van der Waals surface area contributed by atoms with Gasteiger partial charge in [-0.1, -0.05) is 30.3 Å². The first-order chi connectivity index (χ1) is 10.7. The summed E-state index contributed by atoms with van der Waals surface area (Å²) in [4.78, 5) is 16.6. The fourth-order valence-corrected chi connectivity index (χ4v) is 3.83. The highest BCUT2D eigenvalue weighted by Gasteiger charge is 2.24. The molecule has 2 aromatic rings. The molecule has 1 aliphatic rings. The maximum Gasteiger partial charge on any atom is 0.233 e. The summed E-state index contributed by atoms with van der Waals surface area (Å²) in [5.74, 6) is 0.137. The van der Waals surface area contributed by atoms with Crippen LogP contribution in [-0.2, 0) is 4.79 Å². The molecule has 1 aromatic carbocycles. The molecular formula is C17H21N3OS. The third-order valence-electron chi connectivity index (χ3n) is 4.17. The maximum absolute atomic E-state index is 12.1. The molecule has 0 aliphatic carbocycles. The molecule has 116 valence electrons. The van der Waals surface area contributed by atoms with Gasteiger partial charge in [0, 0.05) is 18.9 Å². The zero-order chi connectivity index (χ0) is 15.5. The molecule has 4 nitrogen and oxygen atoms in total. The van der Waals surface area contributed by atoms with Crippen LogP contribution in [0.25, 0.3) is 5.69 Å². The van der Waals surface area contributed by atoms with Gasteiger partial charge in [0.15, 0.2) is 5.16 Å². The molecule has 2 heterocycles. The van der Waals surface area contributed by atoms with Crippen molar-refractivity contribution in [3.8, 4) is 5.69 Å². The minimum absolute atomic E-state index is 0.0474. The lowest BCUT2D eigenvalue weighted by atomic mass is 10.1. The minimum Gasteiger partial charge on any atom is -0.355 e. The second-order valence-corrected chi connectivity index (χ2v) is 6.86. The van der Waals surface area contributed by atoms with Gasteiger partial charge in [0.2, 0.25) is 5.91 Å². The van der Waals surface area contributed by atoms with E-state index in [1.165, 1.54) is 11.1 Å². The van der Waals surface area contributed by atoms with Crippen molar-refractivity contribution in [1.29, 1.82) is 0 Å². The Bertz CT molecular complexity index is 680. The van der Waals surface area contributed by atoms with Crippen LogP contribution in [-0.4, -0.2) is 27.3 Å². The van der Waals surface area contributed by atoms with E-state index in [1.807, 2.05) is 6.20 Å². The number of carbonyl (C=O) groups excluding carboxylic acids is 1. The van der Waals surface area contributed by atoms with E-state index in [-0.39, 0.29) is 11.2 Å². The lowest BCUT2D eigenvalue weighted by Gasteiger charge is -2.15. The maximum atomic E-state index is 12.1. The first-order valence-electron chi connectivity index (χ1n) is 7.71. The van der Waals surface area contributed by atoms with E-state index in [9.17, 15) is 4.79 Å². The summed E-state index contributed by atoms with van der Waals surface area (Å²) in [6.45, 7) is 5.03. The van der Waals surface area contributed by atoms with Crippen LogP contribution >= 0.6 is 11.8 Å². The van der Waals surface area contributed by atoms with Gasteiger partial charge >= 0.3 is 0 Å². The van der Waals surface area contributed by atoms with E-state index in [0.29, 0.717) is 0 Å². The van der Waals surface area contributed by atoms with Crippen molar-refractivity contribution in [2.24, 2.45) is 0 Å². The number of benzene rings is 1. The highest BCUT2D eigenvalue weighted by atomic mass is 32.2. The average molecular weight is 315 g/mol. The topological polar surface area (TPSA) is 46.9 Å². The van der Waals surface area contributed by atoms with Gasteiger partial charge in [-0.2, -0.15) is 0 Å². The Labute approximate surface area is 135 Å². The van der Waals surface area contributed by atoms with Gasteiger partial charge in [-0.25, -0.2) is 4.98 Å². The normalized spacial score (nSPS) is 18.8. The molecule has 1 saturated heterocycles. The number of nitrogens with one attached hydrogen (secondary N) is 1. The minimum atomic E-state index is -0.0474. The molecule has 1 fully saturated rings. The van der Waals surface area contributed by atoms with Crippen LogP contribution in [0.2, 0.25) is 0 Å². The third kappa shape index (κ3) is 3.04. The average Bonchev–Trinajstić information content (AvgIpc) is 2.86. The van der Waals surface area contributed by atoms with Crippen molar-refractivity contribution in [2.75, 3.05) is 6.54 Å². The Hall–Kier alpha value is -1.75. The number of nitrogens with zero attached hydrogens (tertiary/aromatic N) is 2. The number of hydrogen-bond donors (Lipinski definition) is 1. The summed E-state index contributed by atoms with van der Waals surface area (Å²) >= 11 is 1.57. The highest BCUT2D eigenvalue weighted by Crippen LogP contribution is 2.30. The number of aromatic nitrogens is 2. The molecule has 5 heteroatoms. The van der Waals surface area contributed by atoms with Crippen LogP contribution in [0.15, 0.2) is 35.7 Å². The standard InChI is InChI=1S/C17H21N3OS/c1-12-6-5-7-14(13(12)2)20-11-10-19-17(20)22-15-8-3-4-9-18-16(15)21/h5-7,10-11,15H,3-4,8-9H2,1-2H3,(H,18,21)/t15-/m0/s1. The van der Waals surface area contributed by atoms with Gasteiger partial charge in [0.05, 0.1) is 10.9 Å². The number of thioether (sulfide) groups is 1. The Morgan fingerprint density at radius 2 is 2.18 bits per heavy atom. The molecule has 22 heavy (non-hydrogen) atoms. The lowest BCUT2D eigenvalue weighted by Crippen LogP contribution is -2.30. The number of rotatable bonds is 3. The molecule has 0 saturated carbocycles. The predicted octanol–water partition coefficient (Wildman–Crippen LogP) is 3.25. The molecule has 1 atom stereocenters. The number of amides is 1. The van der Waals surface area contributed by atoms with Crippen LogP contribution in [0.1, 0.15) is 30.4 Å². The number of carbonyl (C=O) groups is 1. The van der Waals surface area contributed by atoms with Gasteiger partial charge in [-0.15, -0.1) is 0 Å². The summed E-state index contributed by atoms with van der Waals surface area (Å²) < 4.78 is 2.09. The first kappa shape index (κ1) is 15.2. The molecule has 1 aliphatic heterocycles. The Morgan fingerprint density at radius 1 is 1.32 bits per heavy atom. The molecule has 1 amide bonds. The second-order valence-electron chi connectivity index (χ2n) is 5.69. The van der Waals surface area contributed by atoms with Gasteiger partial charge in [0.1, 0.15) is 0 Å². The highest BCUT2D eigenvalue weighted by molar-refractivity contribution is 8.00. The van der Waals surface area contributed by atoms with Crippen molar-refractivity contribution < 1.29 is 4.79 Å². The zero-order valence-corrected chi connectivity index (χ0v) is 13.8. The van der Waals surface area contributed by atoms with Crippen molar-refractivity contribution in [3.05, 3.63) is 41.7 Å². The molecule has 0 radical (unpaired) electrons. The molecule has 0 bridgehead atoms. The van der Waals surface area contributed by atoms with E-state index < -0.39 is 0 Å². The zero-order valence-electron chi connectivity index (χ0n) is 13.0. The molecular weight excluding hydrogens is 294 g/mol. The molecule has 0 spiro atoms. The largest absolute Gasteiger partial charge is 0.355 e. The number of hydrogen-bond acceptors (Lipinski definition) is 3. The Kier molecular flexibility index (Phi) is 4.52. The van der Waals surface area contributed by atoms with Crippen LogP contribution in [0.4, 0.5) is 0 Å². The molecule has 0 unspecified atom stereocenters. The van der Waals surface area contributed by atoms with E-state index >= 15 is 0 Å². The lowest BCUT2D eigenvalue weighted by molar-refractivity contribution is -0.120. The number of imidazole rings is 1. The van der Waals surface area contributed by atoms with Crippen molar-refractivity contribution in [2.45, 2.75) is 43.5 Å². The van der Waals surface area contributed by atoms with E-state index in [2.05, 4.69) is 46.9 Å². The SMILES string of the molecule is Cc1cccc(-n2ccnc2S[C@H]2CCCCNC2=O)c1C. The first-order valence-corrected chi connectivity index (χ1v) is 8.59. The van der Waals surface area contributed by atoms with Gasteiger partial charge in [0.25, 0.3) is 0 Å². The van der Waals surface area contributed by atoms with Crippen LogP contribution in [0.3, 0.4) is 0 Å². The fourth-order valence-electron chi connectivity index (χ4n) is 2.71. The Morgan fingerprint density at radius 3 is 3.05 bits per heavy atom. The predicted molar refractivity (Wildman–Crippen MR) is 89.5 cm³/mol. The summed E-state index contributed by atoms with van der Waals surface area (Å²) in [5, 5.41) is 3.83. The monoisotopic (exact) mass is 315 g/mol. The smallest absolute Gasteiger partial charge is 0.233 e. The Balaban J connectivity index is 1.89. The number of aryl methyl sites for hydroxylation is 1. The van der Waals surface area contributed by atoms with Gasteiger partial charge in [-0.3, -0.25) is 9.36 Å². The van der Waals surface area contributed by atoms with E-state index in [0.717, 1.165) is 36.7 Å². The fraction of sp³-hybridized carbons (Fsp3) is 0.412. The molecule has 3 rings (SSSR count). The van der Waals surface area contributed by atoms with Crippen molar-refractivity contribution >= 4 is 17.7 Å². The summed E-state index contributed by atoms with van der Waals surface area (Å²) in [7, 11) is 0. The third-order valence-corrected chi connectivity index (χ3v) is 5.42. The summed E-state index contributed by atoms with van der Waals surface area (Å²) in [6.07, 6.45) is 6.84. The van der Waals surface area contributed by atoms with Crippen molar-refractivity contribution in [3.63, 3.8) is 0 Å². The summed E-state index contributed by atoms with van der Waals surface area (Å²) in [6, 6.07) is 6.27. The summed E-state index contributed by atoms with van der Waals surface area (Å²) in [5.41, 5.74) is 3.64. The van der Waals surface area contributed by atoms with Crippen molar-refractivity contribution in [1.82, 2.24) is 14.9 Å². The van der Waals surface area contributed by atoms with Gasteiger partial charge in [-0.05, 0) is 43.9 Å². The van der Waals surface area contributed by atoms with Crippen LogP contribution in [0.5, 0.6) is 0 Å².